The molecule has 8 nitrogen and oxygen atoms in total. The number of benzene rings is 3. The lowest BCUT2D eigenvalue weighted by Gasteiger charge is -2.05. The van der Waals surface area contributed by atoms with Crippen LogP contribution < -0.4 is 10.6 Å². The van der Waals surface area contributed by atoms with Crippen LogP contribution in [0.1, 0.15) is 20.7 Å². The van der Waals surface area contributed by atoms with Gasteiger partial charge in [-0.1, -0.05) is 53.3 Å². The van der Waals surface area contributed by atoms with Crippen LogP contribution in [0.5, 0.6) is 0 Å². The summed E-state index contributed by atoms with van der Waals surface area (Å²) in [4.78, 5) is 40.1. The van der Waals surface area contributed by atoms with E-state index in [1.54, 1.807) is 24.3 Å². The molecule has 0 radical (unpaired) electrons. The molecular formula is C23H15ClN4O4S. The predicted molar refractivity (Wildman–Crippen MR) is 128 cm³/mol. The van der Waals surface area contributed by atoms with Gasteiger partial charge in [-0.25, -0.2) is 4.98 Å². The highest BCUT2D eigenvalue weighted by atomic mass is 35.5. The highest BCUT2D eigenvalue weighted by Crippen LogP contribution is 2.36. The fourth-order valence-corrected chi connectivity index (χ4v) is 3.93. The molecule has 164 valence electrons. The third-order valence-corrected chi connectivity index (χ3v) is 5.71. The number of halogens is 1. The molecule has 0 saturated heterocycles. The van der Waals surface area contributed by atoms with Gasteiger partial charge in [-0.15, -0.1) is 0 Å². The number of rotatable bonds is 6. The number of non-ortho nitro benzene ring substituents is 1. The van der Waals surface area contributed by atoms with Gasteiger partial charge in [0.25, 0.3) is 17.5 Å². The number of nitro groups is 1. The highest BCUT2D eigenvalue weighted by molar-refractivity contribution is 7.20. The van der Waals surface area contributed by atoms with Crippen molar-refractivity contribution in [1.29, 1.82) is 0 Å². The van der Waals surface area contributed by atoms with Crippen LogP contribution >= 0.6 is 22.9 Å². The first kappa shape index (κ1) is 22.1. The molecule has 0 aliphatic heterocycles. The summed E-state index contributed by atoms with van der Waals surface area (Å²) in [5, 5.41) is 17.6. The predicted octanol–water partition coefficient (Wildman–Crippen LogP) is 5.88. The second-order valence-electron chi connectivity index (χ2n) is 6.78. The second-order valence-corrected chi connectivity index (χ2v) is 8.22. The maximum absolute atomic E-state index is 12.7. The summed E-state index contributed by atoms with van der Waals surface area (Å²) in [7, 11) is 0. The summed E-state index contributed by atoms with van der Waals surface area (Å²) in [6, 6.07) is 20.9. The molecule has 33 heavy (non-hydrogen) atoms. The van der Waals surface area contributed by atoms with Crippen molar-refractivity contribution in [2.24, 2.45) is 0 Å². The molecule has 0 aliphatic rings. The van der Waals surface area contributed by atoms with E-state index in [1.165, 1.54) is 24.3 Å². The van der Waals surface area contributed by atoms with Crippen molar-refractivity contribution >= 4 is 50.6 Å². The Balaban J connectivity index is 1.60. The molecule has 0 unspecified atom stereocenters. The molecular weight excluding hydrogens is 464 g/mol. The summed E-state index contributed by atoms with van der Waals surface area (Å²) >= 11 is 7.00. The van der Waals surface area contributed by atoms with Crippen molar-refractivity contribution in [3.05, 3.63) is 105 Å². The maximum atomic E-state index is 12.7. The molecule has 2 amide bonds. The molecule has 10 heteroatoms. The second kappa shape index (κ2) is 9.60. The fourth-order valence-electron chi connectivity index (χ4n) is 2.93. The van der Waals surface area contributed by atoms with Crippen LogP contribution in [0.4, 0.5) is 15.8 Å². The van der Waals surface area contributed by atoms with Gasteiger partial charge in [0.05, 0.1) is 4.92 Å². The summed E-state index contributed by atoms with van der Waals surface area (Å²) in [5.41, 5.74) is 1.81. The lowest BCUT2D eigenvalue weighted by Crippen LogP contribution is -2.11. The number of carbonyl (C=O) groups is 2. The maximum Gasteiger partial charge on any atom is 0.269 e. The van der Waals surface area contributed by atoms with Crippen molar-refractivity contribution in [2.75, 3.05) is 10.6 Å². The van der Waals surface area contributed by atoms with Crippen LogP contribution in [-0.4, -0.2) is 21.7 Å². The first-order chi connectivity index (χ1) is 15.9. The summed E-state index contributed by atoms with van der Waals surface area (Å²) < 4.78 is 0. The van der Waals surface area contributed by atoms with Gasteiger partial charge >= 0.3 is 0 Å². The van der Waals surface area contributed by atoms with Crippen molar-refractivity contribution in [2.45, 2.75) is 0 Å². The van der Waals surface area contributed by atoms with Gasteiger partial charge in [-0.2, -0.15) is 0 Å². The molecule has 0 aliphatic carbocycles. The normalized spacial score (nSPS) is 10.5. The largest absolute Gasteiger partial charge is 0.312 e. The first-order valence-electron chi connectivity index (χ1n) is 9.59. The number of hydrogen-bond acceptors (Lipinski definition) is 6. The minimum atomic E-state index is -0.537. The minimum absolute atomic E-state index is 0.112. The van der Waals surface area contributed by atoms with Crippen molar-refractivity contribution in [3.63, 3.8) is 0 Å². The van der Waals surface area contributed by atoms with Crippen LogP contribution in [0.15, 0.2) is 78.9 Å². The smallest absolute Gasteiger partial charge is 0.269 e. The zero-order valence-corrected chi connectivity index (χ0v) is 18.4. The van der Waals surface area contributed by atoms with E-state index < -0.39 is 10.8 Å². The van der Waals surface area contributed by atoms with E-state index >= 15 is 0 Å². The molecule has 0 fully saturated rings. The Morgan fingerprint density at radius 2 is 1.42 bits per heavy atom. The molecule has 0 spiro atoms. The minimum Gasteiger partial charge on any atom is -0.312 e. The van der Waals surface area contributed by atoms with Gasteiger partial charge in [0.1, 0.15) is 10.7 Å². The topological polar surface area (TPSA) is 114 Å². The van der Waals surface area contributed by atoms with E-state index in [0.29, 0.717) is 21.3 Å². The number of carbonyl (C=O) groups excluding carboxylic acids is 2. The number of amides is 2. The highest BCUT2D eigenvalue weighted by Gasteiger charge is 2.18. The summed E-state index contributed by atoms with van der Waals surface area (Å²) in [6.45, 7) is 0. The zero-order chi connectivity index (χ0) is 23.4. The number of anilines is 2. The van der Waals surface area contributed by atoms with E-state index in [-0.39, 0.29) is 22.3 Å². The third kappa shape index (κ3) is 5.22. The quantitative estimate of drug-likeness (QED) is 0.265. The van der Waals surface area contributed by atoms with Crippen LogP contribution in [-0.2, 0) is 0 Å². The number of hydrogen-bond donors (Lipinski definition) is 2. The Morgan fingerprint density at radius 1 is 0.848 bits per heavy atom. The summed E-state index contributed by atoms with van der Waals surface area (Å²) in [5.74, 6) is -0.824. The van der Waals surface area contributed by atoms with Crippen molar-refractivity contribution < 1.29 is 14.5 Å². The Labute approximate surface area is 197 Å². The lowest BCUT2D eigenvalue weighted by atomic mass is 10.1. The third-order valence-electron chi connectivity index (χ3n) is 4.57. The van der Waals surface area contributed by atoms with Gasteiger partial charge in [-0.05, 0) is 36.4 Å². The standard InChI is InChI=1S/C23H15ClN4O4S/c24-17-10-6-15(7-11-17)20(29)26-22-19(14-4-2-1-3-5-14)25-23(33-22)27-21(30)16-8-12-18(13-9-16)28(31)32/h1-13H,(H,26,29)(H,25,27,30). The molecule has 3 aromatic carbocycles. The van der Waals surface area contributed by atoms with E-state index in [2.05, 4.69) is 15.6 Å². The van der Waals surface area contributed by atoms with Gasteiger partial charge < -0.3 is 5.32 Å². The number of nitrogens with one attached hydrogen (secondary N) is 2. The molecule has 4 rings (SSSR count). The number of thiazole rings is 1. The van der Waals surface area contributed by atoms with E-state index in [4.69, 9.17) is 11.6 Å². The summed E-state index contributed by atoms with van der Waals surface area (Å²) in [6.07, 6.45) is 0. The van der Waals surface area contributed by atoms with Gasteiger partial charge in [-0.3, -0.25) is 25.0 Å². The molecule has 1 aromatic heterocycles. The number of nitrogens with zero attached hydrogens (tertiary/aromatic N) is 2. The van der Waals surface area contributed by atoms with Crippen LogP contribution in [0, 0.1) is 10.1 Å². The monoisotopic (exact) mass is 478 g/mol. The van der Waals surface area contributed by atoms with E-state index in [1.807, 2.05) is 30.3 Å². The Kier molecular flexibility index (Phi) is 6.43. The molecule has 2 N–H and O–H groups in total. The Hall–Kier alpha value is -4.08. The first-order valence-corrected chi connectivity index (χ1v) is 10.8. The molecule has 1 heterocycles. The number of aromatic nitrogens is 1. The molecule has 0 saturated carbocycles. The van der Waals surface area contributed by atoms with Crippen LogP contribution in [0.25, 0.3) is 11.3 Å². The lowest BCUT2D eigenvalue weighted by molar-refractivity contribution is -0.384. The average Bonchev–Trinajstić information content (AvgIpc) is 3.22. The van der Waals surface area contributed by atoms with Crippen molar-refractivity contribution in [1.82, 2.24) is 4.98 Å². The van der Waals surface area contributed by atoms with Gasteiger partial charge in [0.15, 0.2) is 5.13 Å². The number of nitro benzene ring substituents is 1. The molecule has 4 aromatic rings. The van der Waals surface area contributed by atoms with E-state index in [9.17, 15) is 19.7 Å². The SMILES string of the molecule is O=C(Nc1nc(-c2ccccc2)c(NC(=O)c2ccc(Cl)cc2)s1)c1ccc([N+](=O)[O-])cc1. The van der Waals surface area contributed by atoms with Crippen molar-refractivity contribution in [3.8, 4) is 11.3 Å². The molecule has 0 bridgehead atoms. The Morgan fingerprint density at radius 3 is 2.03 bits per heavy atom. The van der Waals surface area contributed by atoms with Gasteiger partial charge in [0, 0.05) is 33.8 Å². The zero-order valence-electron chi connectivity index (χ0n) is 16.8. The fraction of sp³-hybridized carbons (Fsp3) is 0. The van der Waals surface area contributed by atoms with E-state index in [0.717, 1.165) is 16.9 Å². The molecule has 0 atom stereocenters. The average molecular weight is 479 g/mol. The Bertz CT molecular complexity index is 1320. The van der Waals surface area contributed by atoms with Gasteiger partial charge in [0.2, 0.25) is 0 Å². The van der Waals surface area contributed by atoms with Crippen LogP contribution in [0.2, 0.25) is 5.02 Å². The van der Waals surface area contributed by atoms with Crippen LogP contribution in [0.3, 0.4) is 0 Å².